The first-order chi connectivity index (χ1) is 14.3. The van der Waals surface area contributed by atoms with Crippen molar-refractivity contribution in [3.05, 3.63) is 30.6 Å². The van der Waals surface area contributed by atoms with Crippen LogP contribution >= 0.6 is 0 Å². The molecule has 0 bridgehead atoms. The predicted octanol–water partition coefficient (Wildman–Crippen LogP) is 1.40. The van der Waals surface area contributed by atoms with E-state index >= 15 is 0 Å². The number of fused-ring (bicyclic) bond motifs is 2. The molecule has 2 saturated heterocycles. The minimum absolute atomic E-state index is 0.588. The predicted molar refractivity (Wildman–Crippen MR) is 110 cm³/mol. The summed E-state index contributed by atoms with van der Waals surface area (Å²) < 4.78 is 7.21. The van der Waals surface area contributed by atoms with Gasteiger partial charge < -0.3 is 19.1 Å². The Labute approximate surface area is 169 Å². The van der Waals surface area contributed by atoms with Gasteiger partial charge in [0.15, 0.2) is 17.0 Å². The normalized spacial score (nSPS) is 21.3. The van der Waals surface area contributed by atoms with E-state index in [0.717, 1.165) is 62.1 Å². The fourth-order valence-electron chi connectivity index (χ4n) is 4.48. The molecular weight excluding hydrogens is 368 g/mol. The highest BCUT2D eigenvalue weighted by Gasteiger charge is 2.41. The summed E-state index contributed by atoms with van der Waals surface area (Å²) in [5, 5.41) is 0. The molecule has 3 aromatic heterocycles. The second-order valence-corrected chi connectivity index (χ2v) is 7.88. The van der Waals surface area contributed by atoms with Crippen LogP contribution in [0.15, 0.2) is 25.0 Å². The number of hydrogen-bond donors (Lipinski definition) is 0. The number of anilines is 2. The van der Waals surface area contributed by atoms with Crippen molar-refractivity contribution in [1.29, 1.82) is 0 Å². The zero-order valence-electron chi connectivity index (χ0n) is 16.9. The molecule has 0 saturated carbocycles. The summed E-state index contributed by atoms with van der Waals surface area (Å²) in [5.74, 6) is 2.97. The molecule has 0 aromatic carbocycles. The Morgan fingerprint density at radius 3 is 2.38 bits per heavy atom. The van der Waals surface area contributed by atoms with Crippen LogP contribution < -0.4 is 9.80 Å². The zero-order chi connectivity index (χ0) is 19.8. The maximum atomic E-state index is 5.19. The van der Waals surface area contributed by atoms with Gasteiger partial charge in [-0.15, -0.1) is 0 Å². The minimum Gasteiger partial charge on any atom is -0.383 e. The molecule has 2 atom stereocenters. The van der Waals surface area contributed by atoms with Crippen molar-refractivity contribution < 1.29 is 4.74 Å². The summed E-state index contributed by atoms with van der Waals surface area (Å²) in [6.45, 7) is 7.43. The number of aromatic nitrogens is 6. The third-order valence-corrected chi connectivity index (χ3v) is 6.09. The summed E-state index contributed by atoms with van der Waals surface area (Å²) in [6.07, 6.45) is 8.33. The van der Waals surface area contributed by atoms with Crippen LogP contribution in [0.1, 0.15) is 12.5 Å². The monoisotopic (exact) mass is 394 g/mol. The van der Waals surface area contributed by atoms with Gasteiger partial charge in [0.25, 0.3) is 0 Å². The molecule has 0 amide bonds. The fourth-order valence-corrected chi connectivity index (χ4v) is 4.48. The molecule has 0 radical (unpaired) electrons. The Balaban J connectivity index is 1.31. The van der Waals surface area contributed by atoms with Crippen molar-refractivity contribution in [2.75, 3.05) is 49.7 Å². The highest BCUT2D eigenvalue weighted by atomic mass is 16.5. The van der Waals surface area contributed by atoms with E-state index in [1.807, 2.05) is 23.3 Å². The molecule has 0 spiro atoms. The molecule has 2 aliphatic rings. The third-order valence-electron chi connectivity index (χ3n) is 6.09. The third kappa shape index (κ3) is 3.29. The molecule has 2 unspecified atom stereocenters. The highest BCUT2D eigenvalue weighted by Crippen LogP contribution is 2.36. The van der Waals surface area contributed by atoms with E-state index in [1.165, 1.54) is 5.56 Å². The lowest BCUT2D eigenvalue weighted by Crippen LogP contribution is -2.30. The second-order valence-electron chi connectivity index (χ2n) is 7.88. The maximum Gasteiger partial charge on any atom is 0.225 e. The van der Waals surface area contributed by atoms with Gasteiger partial charge >= 0.3 is 0 Å². The number of hydrogen-bond acceptors (Lipinski definition) is 8. The first-order valence-corrected chi connectivity index (χ1v) is 10.2. The summed E-state index contributed by atoms with van der Waals surface area (Å²) >= 11 is 0. The molecular formula is C20H26N8O. The number of imidazole rings is 1. The van der Waals surface area contributed by atoms with E-state index in [9.17, 15) is 0 Å². The van der Waals surface area contributed by atoms with Gasteiger partial charge in [-0.3, -0.25) is 0 Å². The van der Waals surface area contributed by atoms with Gasteiger partial charge in [0.05, 0.1) is 12.9 Å². The Morgan fingerprint density at radius 2 is 1.69 bits per heavy atom. The highest BCUT2D eigenvalue weighted by molar-refractivity contribution is 5.83. The van der Waals surface area contributed by atoms with Gasteiger partial charge in [-0.1, -0.05) is 6.92 Å². The Hall–Kier alpha value is -2.81. The van der Waals surface area contributed by atoms with Crippen LogP contribution in [0.4, 0.5) is 11.8 Å². The maximum absolute atomic E-state index is 5.19. The molecule has 5 heterocycles. The standard InChI is InChI=1S/C20H26N8O/c1-3-14-6-21-20(22-7-14)28-10-15-8-27(9-16(15)11-28)19-17-18(23-12-24-19)26(13-25-17)4-5-29-2/h6-7,12-13,15-16H,3-5,8-11H2,1-2H3. The molecule has 9 heteroatoms. The van der Waals surface area contributed by atoms with E-state index in [4.69, 9.17) is 4.74 Å². The van der Waals surface area contributed by atoms with E-state index < -0.39 is 0 Å². The van der Waals surface area contributed by atoms with E-state index in [0.29, 0.717) is 18.4 Å². The summed E-state index contributed by atoms with van der Waals surface area (Å²) in [7, 11) is 1.70. The molecule has 3 aromatic rings. The average molecular weight is 394 g/mol. The molecule has 2 aliphatic heterocycles. The lowest BCUT2D eigenvalue weighted by Gasteiger charge is -2.22. The van der Waals surface area contributed by atoms with Crippen molar-refractivity contribution in [1.82, 2.24) is 29.5 Å². The van der Waals surface area contributed by atoms with Gasteiger partial charge in [0, 0.05) is 64.1 Å². The van der Waals surface area contributed by atoms with Crippen LogP contribution in [0, 0.1) is 11.8 Å². The zero-order valence-corrected chi connectivity index (χ0v) is 16.9. The quantitative estimate of drug-likeness (QED) is 0.620. The van der Waals surface area contributed by atoms with Crippen molar-refractivity contribution in [3.63, 3.8) is 0 Å². The first kappa shape index (κ1) is 18.2. The Kier molecular flexibility index (Phi) is 4.75. The lowest BCUT2D eigenvalue weighted by molar-refractivity contribution is 0.188. The summed E-state index contributed by atoms with van der Waals surface area (Å²) in [6, 6.07) is 0. The largest absolute Gasteiger partial charge is 0.383 e. The van der Waals surface area contributed by atoms with Crippen LogP contribution in [0.2, 0.25) is 0 Å². The summed E-state index contributed by atoms with van der Waals surface area (Å²) in [5.41, 5.74) is 2.92. The molecule has 0 N–H and O–H groups in total. The minimum atomic E-state index is 0.588. The first-order valence-electron chi connectivity index (χ1n) is 10.2. The van der Waals surface area contributed by atoms with Gasteiger partial charge in [0.2, 0.25) is 5.95 Å². The van der Waals surface area contributed by atoms with Gasteiger partial charge in [0.1, 0.15) is 6.33 Å². The number of aryl methyl sites for hydroxylation is 1. The molecule has 9 nitrogen and oxygen atoms in total. The van der Waals surface area contributed by atoms with Crippen LogP contribution in [0.3, 0.4) is 0 Å². The number of rotatable bonds is 6. The Morgan fingerprint density at radius 1 is 0.966 bits per heavy atom. The number of ether oxygens (including phenoxy) is 1. The molecule has 152 valence electrons. The van der Waals surface area contributed by atoms with E-state index in [1.54, 1.807) is 13.4 Å². The van der Waals surface area contributed by atoms with Crippen molar-refractivity contribution in [2.24, 2.45) is 11.8 Å². The van der Waals surface area contributed by atoms with Crippen molar-refractivity contribution >= 4 is 22.9 Å². The molecule has 5 rings (SSSR count). The SMILES string of the molecule is CCc1cnc(N2CC3CN(c4ncnc5c4ncn5CCOC)CC3C2)nc1. The van der Waals surface area contributed by atoms with Crippen LogP contribution in [-0.2, 0) is 17.7 Å². The molecule has 0 aliphatic carbocycles. The fraction of sp³-hybridized carbons (Fsp3) is 0.550. The average Bonchev–Trinajstić information content (AvgIpc) is 3.45. The lowest BCUT2D eigenvalue weighted by atomic mass is 10.0. The van der Waals surface area contributed by atoms with Gasteiger partial charge in [-0.2, -0.15) is 0 Å². The molecule has 2 fully saturated rings. The topological polar surface area (TPSA) is 85.1 Å². The number of methoxy groups -OCH3 is 1. The van der Waals surface area contributed by atoms with E-state index in [-0.39, 0.29) is 0 Å². The van der Waals surface area contributed by atoms with Gasteiger partial charge in [-0.25, -0.2) is 24.9 Å². The van der Waals surface area contributed by atoms with Gasteiger partial charge in [-0.05, 0) is 12.0 Å². The Bertz CT molecular complexity index is 974. The van der Waals surface area contributed by atoms with E-state index in [2.05, 4.69) is 41.6 Å². The summed E-state index contributed by atoms with van der Waals surface area (Å²) in [4.78, 5) is 27.4. The number of nitrogens with zero attached hydrogens (tertiary/aromatic N) is 8. The second kappa shape index (κ2) is 7.55. The van der Waals surface area contributed by atoms with Crippen LogP contribution in [0.25, 0.3) is 11.2 Å². The smallest absolute Gasteiger partial charge is 0.225 e. The van der Waals surface area contributed by atoms with Crippen LogP contribution in [0.5, 0.6) is 0 Å². The van der Waals surface area contributed by atoms with Crippen molar-refractivity contribution in [3.8, 4) is 0 Å². The van der Waals surface area contributed by atoms with Crippen molar-refractivity contribution in [2.45, 2.75) is 19.9 Å². The molecule has 29 heavy (non-hydrogen) atoms. The van der Waals surface area contributed by atoms with Crippen LogP contribution in [-0.4, -0.2) is 69.4 Å².